The predicted octanol–water partition coefficient (Wildman–Crippen LogP) is 0.136. The Bertz CT molecular complexity index is 391. The van der Waals surface area contributed by atoms with Crippen LogP contribution >= 0.6 is 0 Å². The highest BCUT2D eigenvalue weighted by Gasteiger charge is 2.09. The van der Waals surface area contributed by atoms with E-state index in [0.29, 0.717) is 12.8 Å². The van der Waals surface area contributed by atoms with Gasteiger partial charge in [-0.25, -0.2) is 0 Å². The van der Waals surface area contributed by atoms with Crippen molar-refractivity contribution in [2.24, 2.45) is 11.5 Å². The monoisotopic (exact) mass is 234 g/mol. The first-order valence-electron chi connectivity index (χ1n) is 5.59. The number of nitrogens with two attached hydrogens (primary N) is 2. The van der Waals surface area contributed by atoms with Crippen LogP contribution in [0.4, 0.5) is 0 Å². The van der Waals surface area contributed by atoms with Gasteiger partial charge in [-0.15, -0.1) is 0 Å². The van der Waals surface area contributed by atoms with E-state index < -0.39 is 0 Å². The van der Waals surface area contributed by atoms with Crippen molar-refractivity contribution in [3.05, 3.63) is 34.9 Å². The molecule has 0 radical (unpaired) electrons. The molecular formula is C13H18N2O2. The highest BCUT2D eigenvalue weighted by atomic mass is 16.1. The smallest absolute Gasteiger partial charge is 0.150 e. The first kappa shape index (κ1) is 13.5. The lowest BCUT2D eigenvalue weighted by molar-refractivity contribution is -0.117. The van der Waals surface area contributed by atoms with Crippen LogP contribution in [0.5, 0.6) is 0 Å². The zero-order valence-corrected chi connectivity index (χ0v) is 10.0. The van der Waals surface area contributed by atoms with Crippen molar-refractivity contribution in [2.75, 3.05) is 13.1 Å². The van der Waals surface area contributed by atoms with E-state index in [2.05, 4.69) is 0 Å². The Morgan fingerprint density at radius 2 is 1.41 bits per heavy atom. The third-order valence-corrected chi connectivity index (χ3v) is 2.79. The Morgan fingerprint density at radius 3 is 1.76 bits per heavy atom. The summed E-state index contributed by atoms with van der Waals surface area (Å²) in [7, 11) is 0. The standard InChI is InChI=1S/C13H18N2O2/c1-9-10(5-12(16)7-14)3-2-4-11(9)6-13(17)8-15/h2-4H,5-8,14-15H2,1H3. The number of benzene rings is 1. The number of carbonyl (C=O) groups excluding carboxylic acids is 2. The molecule has 4 nitrogen and oxygen atoms in total. The van der Waals surface area contributed by atoms with E-state index in [0.717, 1.165) is 16.7 Å². The maximum Gasteiger partial charge on any atom is 0.150 e. The maximum atomic E-state index is 11.3. The Morgan fingerprint density at radius 1 is 1.00 bits per heavy atom. The Hall–Kier alpha value is -1.52. The molecule has 0 unspecified atom stereocenters. The van der Waals surface area contributed by atoms with Crippen LogP contribution in [0.2, 0.25) is 0 Å². The molecule has 0 atom stereocenters. The van der Waals surface area contributed by atoms with Crippen LogP contribution in [-0.4, -0.2) is 24.7 Å². The quantitative estimate of drug-likeness (QED) is 0.733. The average Bonchev–Trinajstić information content (AvgIpc) is 2.33. The molecular weight excluding hydrogens is 216 g/mol. The van der Waals surface area contributed by atoms with Gasteiger partial charge < -0.3 is 11.5 Å². The second-order valence-electron chi connectivity index (χ2n) is 4.04. The molecule has 1 aromatic carbocycles. The van der Waals surface area contributed by atoms with Crippen molar-refractivity contribution < 1.29 is 9.59 Å². The number of ketones is 2. The topological polar surface area (TPSA) is 86.2 Å². The summed E-state index contributed by atoms with van der Waals surface area (Å²) >= 11 is 0. The van der Waals surface area contributed by atoms with E-state index in [1.807, 2.05) is 25.1 Å². The summed E-state index contributed by atoms with van der Waals surface area (Å²) in [4.78, 5) is 22.6. The van der Waals surface area contributed by atoms with Gasteiger partial charge in [-0.3, -0.25) is 9.59 Å². The molecule has 17 heavy (non-hydrogen) atoms. The minimum atomic E-state index is -0.00426. The zero-order valence-electron chi connectivity index (χ0n) is 10.0. The molecule has 0 heterocycles. The van der Waals surface area contributed by atoms with E-state index in [4.69, 9.17) is 11.5 Å². The zero-order chi connectivity index (χ0) is 12.8. The number of Topliss-reactive ketones (excluding diaryl/α,β-unsaturated/α-hetero) is 2. The van der Waals surface area contributed by atoms with Gasteiger partial charge in [-0.1, -0.05) is 18.2 Å². The molecule has 92 valence electrons. The molecule has 0 aliphatic heterocycles. The van der Waals surface area contributed by atoms with Crippen molar-refractivity contribution in [3.8, 4) is 0 Å². The Balaban J connectivity index is 2.91. The van der Waals surface area contributed by atoms with Crippen LogP contribution in [0.1, 0.15) is 16.7 Å². The number of hydrogen-bond donors (Lipinski definition) is 2. The second kappa shape index (κ2) is 6.27. The first-order valence-corrected chi connectivity index (χ1v) is 5.59. The van der Waals surface area contributed by atoms with Gasteiger partial charge in [0.05, 0.1) is 13.1 Å². The second-order valence-corrected chi connectivity index (χ2v) is 4.04. The minimum Gasteiger partial charge on any atom is -0.324 e. The van der Waals surface area contributed by atoms with E-state index in [9.17, 15) is 9.59 Å². The number of carbonyl (C=O) groups is 2. The lowest BCUT2D eigenvalue weighted by Gasteiger charge is -2.09. The molecule has 0 amide bonds. The van der Waals surface area contributed by atoms with Crippen molar-refractivity contribution >= 4 is 11.6 Å². The molecule has 0 saturated carbocycles. The number of hydrogen-bond acceptors (Lipinski definition) is 4. The normalized spacial score (nSPS) is 10.3. The van der Waals surface area contributed by atoms with Crippen LogP contribution in [0.25, 0.3) is 0 Å². The van der Waals surface area contributed by atoms with Gasteiger partial charge in [0.15, 0.2) is 11.6 Å². The fourth-order valence-electron chi connectivity index (χ4n) is 1.69. The SMILES string of the molecule is Cc1c(CC(=O)CN)cccc1CC(=O)CN. The van der Waals surface area contributed by atoms with Gasteiger partial charge in [0.1, 0.15) is 0 Å². The van der Waals surface area contributed by atoms with Crippen LogP contribution in [0, 0.1) is 6.92 Å². The summed E-state index contributed by atoms with van der Waals surface area (Å²) in [6.07, 6.45) is 0.653. The highest BCUT2D eigenvalue weighted by molar-refractivity contribution is 5.84. The van der Waals surface area contributed by atoms with Gasteiger partial charge >= 0.3 is 0 Å². The summed E-state index contributed by atoms with van der Waals surface area (Å²) in [5.41, 5.74) is 13.4. The molecule has 1 rings (SSSR count). The third-order valence-electron chi connectivity index (χ3n) is 2.79. The largest absolute Gasteiger partial charge is 0.324 e. The van der Waals surface area contributed by atoms with Gasteiger partial charge in [-0.05, 0) is 23.6 Å². The molecule has 4 N–H and O–H groups in total. The molecule has 0 spiro atoms. The molecule has 0 aliphatic rings. The molecule has 0 saturated heterocycles. The van der Waals surface area contributed by atoms with Gasteiger partial charge in [-0.2, -0.15) is 0 Å². The molecule has 0 bridgehead atoms. The summed E-state index contributed by atoms with van der Waals surface area (Å²) in [5, 5.41) is 0. The van der Waals surface area contributed by atoms with Crippen LogP contribution in [-0.2, 0) is 22.4 Å². The fourth-order valence-corrected chi connectivity index (χ4v) is 1.69. The van der Waals surface area contributed by atoms with Crippen molar-refractivity contribution in [3.63, 3.8) is 0 Å². The lowest BCUT2D eigenvalue weighted by Crippen LogP contribution is -2.18. The molecule has 0 fully saturated rings. The molecule has 1 aromatic rings. The van der Waals surface area contributed by atoms with E-state index in [1.165, 1.54) is 0 Å². The highest BCUT2D eigenvalue weighted by Crippen LogP contribution is 2.15. The van der Waals surface area contributed by atoms with E-state index in [1.54, 1.807) is 0 Å². The number of rotatable bonds is 6. The maximum absolute atomic E-state index is 11.3. The summed E-state index contributed by atoms with van der Waals surface area (Å²) in [6, 6.07) is 5.63. The summed E-state index contributed by atoms with van der Waals surface area (Å²) < 4.78 is 0. The first-order chi connectivity index (χ1) is 8.08. The van der Waals surface area contributed by atoms with E-state index in [-0.39, 0.29) is 24.7 Å². The van der Waals surface area contributed by atoms with Crippen molar-refractivity contribution in [1.29, 1.82) is 0 Å². The third kappa shape index (κ3) is 3.76. The molecule has 0 aliphatic carbocycles. The van der Waals surface area contributed by atoms with Crippen molar-refractivity contribution in [1.82, 2.24) is 0 Å². The van der Waals surface area contributed by atoms with Crippen LogP contribution in [0.3, 0.4) is 0 Å². The molecule has 0 aromatic heterocycles. The Labute approximate surface area is 101 Å². The molecule has 4 heteroatoms. The van der Waals surface area contributed by atoms with Crippen molar-refractivity contribution in [2.45, 2.75) is 19.8 Å². The van der Waals surface area contributed by atoms with Gasteiger partial charge in [0.25, 0.3) is 0 Å². The van der Waals surface area contributed by atoms with Gasteiger partial charge in [0.2, 0.25) is 0 Å². The fraction of sp³-hybridized carbons (Fsp3) is 0.385. The van der Waals surface area contributed by atoms with E-state index >= 15 is 0 Å². The summed E-state index contributed by atoms with van der Waals surface area (Å²) in [5.74, 6) is -0.00852. The minimum absolute atomic E-state index is 0.00426. The Kier molecular flexibility index (Phi) is 5.00. The summed E-state index contributed by atoms with van der Waals surface area (Å²) in [6.45, 7) is 2.01. The predicted molar refractivity (Wildman–Crippen MR) is 66.7 cm³/mol. The van der Waals surface area contributed by atoms with Crippen LogP contribution < -0.4 is 11.5 Å². The van der Waals surface area contributed by atoms with Gasteiger partial charge in [0, 0.05) is 12.8 Å². The lowest BCUT2D eigenvalue weighted by atomic mass is 9.95. The van der Waals surface area contributed by atoms with Crippen LogP contribution in [0.15, 0.2) is 18.2 Å². The average molecular weight is 234 g/mol.